The molecule has 1 aromatic carbocycles. The van der Waals surface area contributed by atoms with Gasteiger partial charge in [-0.3, -0.25) is 9.79 Å². The summed E-state index contributed by atoms with van der Waals surface area (Å²) in [5.74, 6) is 1.02. The van der Waals surface area contributed by atoms with E-state index in [-0.39, 0.29) is 5.91 Å². The molecule has 0 aromatic heterocycles. The van der Waals surface area contributed by atoms with Crippen LogP contribution in [0.5, 0.6) is 0 Å². The van der Waals surface area contributed by atoms with E-state index in [1.165, 1.54) is 11.1 Å². The van der Waals surface area contributed by atoms with Crippen molar-refractivity contribution < 1.29 is 4.79 Å². The Morgan fingerprint density at radius 2 is 1.92 bits per heavy atom. The van der Waals surface area contributed by atoms with Crippen molar-refractivity contribution in [2.24, 2.45) is 4.99 Å². The molecule has 5 nitrogen and oxygen atoms in total. The minimum absolute atomic E-state index is 0.129. The van der Waals surface area contributed by atoms with Crippen LogP contribution in [0.3, 0.4) is 0 Å². The highest BCUT2D eigenvalue weighted by molar-refractivity contribution is 5.81. The highest BCUT2D eigenvalue weighted by Crippen LogP contribution is 2.19. The van der Waals surface area contributed by atoms with E-state index in [1.54, 1.807) is 26.0 Å². The maximum absolute atomic E-state index is 11.6. The minimum Gasteiger partial charge on any atom is -0.356 e. The summed E-state index contributed by atoms with van der Waals surface area (Å²) in [6, 6.07) is 10.5. The van der Waals surface area contributed by atoms with Gasteiger partial charge in [0.2, 0.25) is 5.91 Å². The van der Waals surface area contributed by atoms with E-state index in [0.29, 0.717) is 13.0 Å². The Morgan fingerprint density at radius 1 is 1.25 bits per heavy atom. The number of benzene rings is 1. The summed E-state index contributed by atoms with van der Waals surface area (Å²) >= 11 is 0. The van der Waals surface area contributed by atoms with Gasteiger partial charge in [0.15, 0.2) is 5.96 Å². The van der Waals surface area contributed by atoms with Gasteiger partial charge < -0.3 is 15.1 Å². The molecule has 0 spiro atoms. The lowest BCUT2D eigenvalue weighted by molar-refractivity contribution is -0.128. The third kappa shape index (κ3) is 5.41. The van der Waals surface area contributed by atoms with Crippen LogP contribution in [0.4, 0.5) is 0 Å². The molecule has 5 heteroatoms. The van der Waals surface area contributed by atoms with Crippen LogP contribution < -0.4 is 5.32 Å². The zero-order valence-corrected chi connectivity index (χ0v) is 15.0. The number of piperidine rings is 1. The minimum atomic E-state index is 0.129. The van der Waals surface area contributed by atoms with Gasteiger partial charge in [-0.05, 0) is 18.4 Å². The van der Waals surface area contributed by atoms with Gasteiger partial charge in [0.05, 0.1) is 0 Å². The number of aliphatic imine (C=N–C) groups is 1. The van der Waals surface area contributed by atoms with Gasteiger partial charge in [0.25, 0.3) is 0 Å². The second kappa shape index (κ2) is 9.11. The first-order valence-corrected chi connectivity index (χ1v) is 8.50. The third-order valence-corrected chi connectivity index (χ3v) is 4.21. The second-order valence-corrected chi connectivity index (χ2v) is 6.21. The highest BCUT2D eigenvalue weighted by atomic mass is 16.2. The SMILES string of the molecule is CN=C(NCCC(=O)N(C)C)N1CCC(=Cc2ccccc2)CC1. The van der Waals surface area contributed by atoms with Crippen LogP contribution in [-0.4, -0.2) is 62.4 Å². The van der Waals surface area contributed by atoms with Crippen LogP contribution >= 0.6 is 0 Å². The number of carbonyl (C=O) groups is 1. The lowest BCUT2D eigenvalue weighted by atomic mass is 10.0. The first-order chi connectivity index (χ1) is 11.6. The standard InChI is InChI=1S/C19H28N4O/c1-20-19(21-12-9-18(24)22(2)3)23-13-10-17(11-14-23)15-16-7-5-4-6-8-16/h4-8,15H,9-14H2,1-3H3,(H,20,21). The number of guanidine groups is 1. The first kappa shape index (κ1) is 18.0. The molecule has 1 fully saturated rings. The number of nitrogens with zero attached hydrogens (tertiary/aromatic N) is 3. The molecule has 0 unspecified atom stereocenters. The lowest BCUT2D eigenvalue weighted by Gasteiger charge is -2.31. The summed E-state index contributed by atoms with van der Waals surface area (Å²) in [4.78, 5) is 19.9. The molecule has 1 saturated heterocycles. The van der Waals surface area contributed by atoms with E-state index in [0.717, 1.165) is 31.9 Å². The fraction of sp³-hybridized carbons (Fsp3) is 0.474. The Morgan fingerprint density at radius 3 is 2.50 bits per heavy atom. The van der Waals surface area contributed by atoms with Gasteiger partial charge >= 0.3 is 0 Å². The van der Waals surface area contributed by atoms with Crippen molar-refractivity contribution >= 4 is 17.9 Å². The molecule has 2 rings (SSSR count). The summed E-state index contributed by atoms with van der Waals surface area (Å²) in [6.45, 7) is 2.53. The summed E-state index contributed by atoms with van der Waals surface area (Å²) in [5, 5.41) is 3.30. The monoisotopic (exact) mass is 328 g/mol. The second-order valence-electron chi connectivity index (χ2n) is 6.21. The summed E-state index contributed by atoms with van der Waals surface area (Å²) in [6.07, 6.45) is 4.88. The number of amides is 1. The topological polar surface area (TPSA) is 47.9 Å². The van der Waals surface area contributed by atoms with E-state index in [2.05, 4.69) is 45.6 Å². The van der Waals surface area contributed by atoms with Gasteiger partial charge in [0, 0.05) is 47.2 Å². The molecular formula is C19H28N4O. The molecular weight excluding hydrogens is 300 g/mol. The Labute approximate surface area is 145 Å². The van der Waals surface area contributed by atoms with Crippen LogP contribution in [0.1, 0.15) is 24.8 Å². The van der Waals surface area contributed by atoms with E-state index in [4.69, 9.17) is 0 Å². The van der Waals surface area contributed by atoms with Crippen LogP contribution in [0.25, 0.3) is 6.08 Å². The van der Waals surface area contributed by atoms with Gasteiger partial charge in [-0.2, -0.15) is 0 Å². The normalized spacial score (nSPS) is 15.2. The number of hydrogen-bond acceptors (Lipinski definition) is 2. The average Bonchev–Trinajstić information content (AvgIpc) is 2.60. The van der Waals surface area contributed by atoms with Crippen LogP contribution in [0, 0.1) is 0 Å². The largest absolute Gasteiger partial charge is 0.356 e. The maximum Gasteiger partial charge on any atom is 0.223 e. The highest BCUT2D eigenvalue weighted by Gasteiger charge is 2.17. The Hall–Kier alpha value is -2.30. The fourth-order valence-electron chi connectivity index (χ4n) is 2.77. The number of rotatable bonds is 4. The molecule has 1 aliphatic rings. The molecule has 1 amide bonds. The quantitative estimate of drug-likeness (QED) is 0.681. The Balaban J connectivity index is 1.81. The average molecular weight is 328 g/mol. The van der Waals surface area contributed by atoms with Crippen molar-refractivity contribution in [3.63, 3.8) is 0 Å². The zero-order chi connectivity index (χ0) is 17.4. The molecule has 0 radical (unpaired) electrons. The summed E-state index contributed by atoms with van der Waals surface area (Å²) < 4.78 is 0. The molecule has 1 heterocycles. The molecule has 130 valence electrons. The molecule has 24 heavy (non-hydrogen) atoms. The van der Waals surface area contributed by atoms with Crippen LogP contribution in [-0.2, 0) is 4.79 Å². The number of hydrogen-bond donors (Lipinski definition) is 1. The van der Waals surface area contributed by atoms with Crippen LogP contribution in [0.2, 0.25) is 0 Å². The van der Waals surface area contributed by atoms with Crippen molar-refractivity contribution in [3.8, 4) is 0 Å². The van der Waals surface area contributed by atoms with Crippen molar-refractivity contribution in [1.82, 2.24) is 15.1 Å². The predicted octanol–water partition coefficient (Wildman–Crippen LogP) is 2.22. The fourth-order valence-corrected chi connectivity index (χ4v) is 2.77. The molecule has 0 saturated carbocycles. The predicted molar refractivity (Wildman–Crippen MR) is 99.9 cm³/mol. The van der Waals surface area contributed by atoms with E-state index < -0.39 is 0 Å². The van der Waals surface area contributed by atoms with Gasteiger partial charge in [-0.15, -0.1) is 0 Å². The van der Waals surface area contributed by atoms with E-state index in [9.17, 15) is 4.79 Å². The van der Waals surface area contributed by atoms with Crippen molar-refractivity contribution in [2.45, 2.75) is 19.3 Å². The Bertz CT molecular complexity index is 583. The maximum atomic E-state index is 11.6. The summed E-state index contributed by atoms with van der Waals surface area (Å²) in [5.41, 5.74) is 2.75. The lowest BCUT2D eigenvalue weighted by Crippen LogP contribution is -2.45. The summed E-state index contributed by atoms with van der Waals surface area (Å²) in [7, 11) is 5.36. The molecule has 0 atom stereocenters. The third-order valence-electron chi connectivity index (χ3n) is 4.21. The Kier molecular flexibility index (Phi) is 6.85. The van der Waals surface area contributed by atoms with Crippen LogP contribution in [0.15, 0.2) is 40.9 Å². The molecule has 0 bridgehead atoms. The van der Waals surface area contributed by atoms with Gasteiger partial charge in [-0.1, -0.05) is 42.0 Å². The number of likely N-dealkylation sites (tertiary alicyclic amines) is 1. The van der Waals surface area contributed by atoms with Crippen molar-refractivity contribution in [3.05, 3.63) is 41.5 Å². The molecule has 0 aliphatic carbocycles. The van der Waals surface area contributed by atoms with E-state index >= 15 is 0 Å². The van der Waals surface area contributed by atoms with Crippen molar-refractivity contribution in [1.29, 1.82) is 0 Å². The van der Waals surface area contributed by atoms with Gasteiger partial charge in [-0.25, -0.2) is 0 Å². The first-order valence-electron chi connectivity index (χ1n) is 8.50. The van der Waals surface area contributed by atoms with Crippen molar-refractivity contribution in [2.75, 3.05) is 40.8 Å². The number of nitrogens with one attached hydrogen (secondary N) is 1. The number of carbonyl (C=O) groups excluding carboxylic acids is 1. The zero-order valence-electron chi connectivity index (χ0n) is 15.0. The molecule has 1 aromatic rings. The molecule has 1 aliphatic heterocycles. The molecule has 1 N–H and O–H groups in total. The van der Waals surface area contributed by atoms with Gasteiger partial charge in [0.1, 0.15) is 0 Å². The van der Waals surface area contributed by atoms with E-state index in [1.807, 2.05) is 6.07 Å². The smallest absolute Gasteiger partial charge is 0.223 e.